The molecule has 2 aromatic rings. The van der Waals surface area contributed by atoms with Crippen LogP contribution in [0.1, 0.15) is 26.0 Å². The van der Waals surface area contributed by atoms with Gasteiger partial charge in [0.2, 0.25) is 5.88 Å². The van der Waals surface area contributed by atoms with Crippen molar-refractivity contribution < 1.29 is 4.74 Å². The van der Waals surface area contributed by atoms with Crippen LogP contribution in [0.4, 0.5) is 5.82 Å². The largest absolute Gasteiger partial charge is 0.480 e. The number of nitrogens with one attached hydrogen (secondary N) is 1. The molecule has 21 heavy (non-hydrogen) atoms. The Kier molecular flexibility index (Phi) is 5.44. The number of anilines is 1. The third kappa shape index (κ3) is 3.66. The van der Waals surface area contributed by atoms with E-state index in [1.54, 1.807) is 19.2 Å². The molecule has 0 saturated heterocycles. The molecule has 1 N–H and O–H groups in total. The number of methoxy groups -OCH3 is 1. The lowest BCUT2D eigenvalue weighted by Gasteiger charge is -2.11. The fraction of sp³-hybridized carbons (Fsp3) is 0.429. The van der Waals surface area contributed by atoms with Crippen LogP contribution in [0.3, 0.4) is 0 Å². The maximum atomic E-state index is 5.01. The van der Waals surface area contributed by atoms with Gasteiger partial charge in [0.15, 0.2) is 5.82 Å². The minimum atomic E-state index is 0.469. The van der Waals surface area contributed by atoms with Crippen LogP contribution >= 0.6 is 15.9 Å². The highest BCUT2D eigenvalue weighted by Crippen LogP contribution is 2.27. The summed E-state index contributed by atoms with van der Waals surface area (Å²) in [4.78, 5) is 9.11. The molecule has 0 aliphatic rings. The third-order valence-corrected chi connectivity index (χ3v) is 3.66. The molecule has 0 bridgehead atoms. The average Bonchev–Trinajstić information content (AvgIpc) is 2.51. The highest BCUT2D eigenvalue weighted by atomic mass is 79.9. The number of hydrogen-bond donors (Lipinski definition) is 1. The molecule has 0 unspecified atom stereocenters. The van der Waals surface area contributed by atoms with Crippen molar-refractivity contribution in [3.63, 3.8) is 0 Å². The molecule has 0 spiro atoms. The molecule has 0 saturated carbocycles. The topological polar surface area (TPSA) is 72.8 Å². The predicted molar refractivity (Wildman–Crippen MR) is 85.5 cm³/mol. The lowest BCUT2D eigenvalue weighted by Crippen LogP contribution is -2.07. The fourth-order valence-electron chi connectivity index (χ4n) is 1.84. The normalized spacial score (nSPS) is 10.5. The van der Waals surface area contributed by atoms with Crippen molar-refractivity contribution in [2.75, 3.05) is 19.0 Å². The van der Waals surface area contributed by atoms with Crippen molar-refractivity contribution in [2.45, 2.75) is 26.7 Å². The summed E-state index contributed by atoms with van der Waals surface area (Å²) in [5.74, 6) is 1.81. The summed E-state index contributed by atoms with van der Waals surface area (Å²) < 4.78 is 5.93. The van der Waals surface area contributed by atoms with E-state index in [2.05, 4.69) is 48.3 Å². The van der Waals surface area contributed by atoms with Crippen LogP contribution in [-0.4, -0.2) is 33.8 Å². The van der Waals surface area contributed by atoms with Crippen LogP contribution in [0.2, 0.25) is 0 Å². The van der Waals surface area contributed by atoms with E-state index in [0.717, 1.165) is 35.4 Å². The quantitative estimate of drug-likeness (QED) is 0.861. The van der Waals surface area contributed by atoms with Crippen molar-refractivity contribution in [1.29, 1.82) is 0 Å². The van der Waals surface area contributed by atoms with Gasteiger partial charge in [-0.2, -0.15) is 0 Å². The zero-order valence-electron chi connectivity index (χ0n) is 12.4. The maximum Gasteiger partial charge on any atom is 0.233 e. The molecule has 7 heteroatoms. The Balaban J connectivity index is 2.45. The number of halogens is 1. The fourth-order valence-corrected chi connectivity index (χ4v) is 2.36. The van der Waals surface area contributed by atoms with Gasteiger partial charge < -0.3 is 10.1 Å². The lowest BCUT2D eigenvalue weighted by atomic mass is 10.2. The van der Waals surface area contributed by atoms with Gasteiger partial charge in [-0.25, -0.2) is 9.97 Å². The van der Waals surface area contributed by atoms with Gasteiger partial charge in [0.25, 0.3) is 0 Å². The molecule has 2 heterocycles. The first-order valence-electron chi connectivity index (χ1n) is 6.87. The Morgan fingerprint density at radius 2 is 2.00 bits per heavy atom. The second-order valence-corrected chi connectivity index (χ2v) is 5.19. The third-order valence-electron chi connectivity index (χ3n) is 2.83. The number of hydrogen-bond acceptors (Lipinski definition) is 6. The lowest BCUT2D eigenvalue weighted by molar-refractivity contribution is 0.392. The highest BCUT2D eigenvalue weighted by molar-refractivity contribution is 9.10. The van der Waals surface area contributed by atoms with Crippen LogP contribution < -0.4 is 10.1 Å². The van der Waals surface area contributed by atoms with Crippen molar-refractivity contribution >= 4 is 21.7 Å². The SMILES string of the molecule is CCCc1nc(-c2ccc(OC)nn2)nc(NCC)c1Br. The van der Waals surface area contributed by atoms with Gasteiger partial charge in [0.1, 0.15) is 11.5 Å². The molecule has 0 aromatic carbocycles. The Morgan fingerprint density at radius 3 is 2.57 bits per heavy atom. The smallest absolute Gasteiger partial charge is 0.233 e. The van der Waals surface area contributed by atoms with E-state index in [1.807, 2.05) is 6.92 Å². The van der Waals surface area contributed by atoms with E-state index in [0.29, 0.717) is 17.4 Å². The summed E-state index contributed by atoms with van der Waals surface area (Å²) in [6.45, 7) is 4.93. The van der Waals surface area contributed by atoms with Crippen molar-refractivity contribution in [3.05, 3.63) is 22.3 Å². The Bertz CT molecular complexity index is 576. The van der Waals surface area contributed by atoms with Gasteiger partial charge in [-0.3, -0.25) is 0 Å². The van der Waals surface area contributed by atoms with Gasteiger partial charge in [-0.05, 0) is 35.3 Å². The maximum absolute atomic E-state index is 5.01. The van der Waals surface area contributed by atoms with Crippen molar-refractivity contribution in [3.8, 4) is 17.4 Å². The Hall–Kier alpha value is -1.76. The van der Waals surface area contributed by atoms with E-state index >= 15 is 0 Å². The Morgan fingerprint density at radius 1 is 1.19 bits per heavy atom. The van der Waals surface area contributed by atoms with Gasteiger partial charge in [-0.15, -0.1) is 10.2 Å². The number of rotatable bonds is 6. The molecular weight excluding hydrogens is 334 g/mol. The molecule has 2 rings (SSSR count). The van der Waals surface area contributed by atoms with Crippen LogP contribution in [0.5, 0.6) is 5.88 Å². The molecule has 112 valence electrons. The summed E-state index contributed by atoms with van der Waals surface area (Å²) in [6.07, 6.45) is 1.88. The molecule has 0 aliphatic heterocycles. The van der Waals surface area contributed by atoms with E-state index in [4.69, 9.17) is 4.74 Å². The monoisotopic (exact) mass is 351 g/mol. The van der Waals surface area contributed by atoms with Crippen LogP contribution in [-0.2, 0) is 6.42 Å². The van der Waals surface area contributed by atoms with Crippen molar-refractivity contribution in [2.24, 2.45) is 0 Å². The van der Waals surface area contributed by atoms with Gasteiger partial charge in [0, 0.05) is 12.6 Å². The molecule has 6 nitrogen and oxygen atoms in total. The molecule has 0 radical (unpaired) electrons. The summed E-state index contributed by atoms with van der Waals surface area (Å²) in [6, 6.07) is 3.56. The molecule has 0 amide bonds. The summed E-state index contributed by atoms with van der Waals surface area (Å²) in [5, 5.41) is 11.3. The molecule has 2 aromatic heterocycles. The molecule has 0 atom stereocenters. The zero-order valence-corrected chi connectivity index (χ0v) is 13.9. The standard InChI is InChI=1S/C14H18BrN5O/c1-4-6-9-12(15)14(16-5-2)18-13(17-9)10-7-8-11(21-3)20-19-10/h7-8H,4-6H2,1-3H3,(H,16,17,18). The number of nitrogens with zero attached hydrogens (tertiary/aromatic N) is 4. The zero-order chi connectivity index (χ0) is 15.2. The van der Waals surface area contributed by atoms with Crippen LogP contribution in [0, 0.1) is 0 Å². The van der Waals surface area contributed by atoms with Crippen LogP contribution in [0.25, 0.3) is 11.5 Å². The van der Waals surface area contributed by atoms with Gasteiger partial charge in [-0.1, -0.05) is 13.3 Å². The molecule has 0 fully saturated rings. The first kappa shape index (κ1) is 15.6. The average molecular weight is 352 g/mol. The highest BCUT2D eigenvalue weighted by Gasteiger charge is 2.14. The predicted octanol–water partition coefficient (Wildman–Crippen LogP) is 3.09. The second kappa shape index (κ2) is 7.31. The van der Waals surface area contributed by atoms with E-state index < -0.39 is 0 Å². The summed E-state index contributed by atoms with van der Waals surface area (Å²) >= 11 is 3.57. The Labute approximate surface area is 132 Å². The van der Waals surface area contributed by atoms with Gasteiger partial charge in [0.05, 0.1) is 17.3 Å². The first-order valence-corrected chi connectivity index (χ1v) is 7.67. The number of aryl methyl sites for hydroxylation is 1. The second-order valence-electron chi connectivity index (χ2n) is 4.40. The van der Waals surface area contributed by atoms with Crippen molar-refractivity contribution in [1.82, 2.24) is 20.2 Å². The first-order chi connectivity index (χ1) is 10.2. The van der Waals surface area contributed by atoms with E-state index in [9.17, 15) is 0 Å². The number of aromatic nitrogens is 4. The summed E-state index contributed by atoms with van der Waals surface area (Å²) in [7, 11) is 1.56. The van der Waals surface area contributed by atoms with Crippen LogP contribution in [0.15, 0.2) is 16.6 Å². The number of ether oxygens (including phenoxy) is 1. The summed E-state index contributed by atoms with van der Waals surface area (Å²) in [5.41, 5.74) is 1.59. The minimum Gasteiger partial charge on any atom is -0.480 e. The molecule has 0 aliphatic carbocycles. The van der Waals surface area contributed by atoms with E-state index in [1.165, 1.54) is 0 Å². The minimum absolute atomic E-state index is 0.469. The molecular formula is C14H18BrN5O. The van der Waals surface area contributed by atoms with Gasteiger partial charge >= 0.3 is 0 Å². The van der Waals surface area contributed by atoms with E-state index in [-0.39, 0.29) is 0 Å².